The summed E-state index contributed by atoms with van der Waals surface area (Å²) in [5.41, 5.74) is 7.94. The lowest BCUT2D eigenvalue weighted by molar-refractivity contribution is 0.573. The molecule has 1 aromatic carbocycles. The van der Waals surface area contributed by atoms with Gasteiger partial charge in [0.1, 0.15) is 17.2 Å². The van der Waals surface area contributed by atoms with E-state index in [4.69, 9.17) is 5.73 Å². The van der Waals surface area contributed by atoms with Crippen molar-refractivity contribution in [2.24, 2.45) is 0 Å². The fraction of sp³-hybridized carbons (Fsp3) is 0.231. The Labute approximate surface area is 127 Å². The summed E-state index contributed by atoms with van der Waals surface area (Å²) >= 11 is 3.06. The van der Waals surface area contributed by atoms with Gasteiger partial charge in [0, 0.05) is 12.6 Å². The highest BCUT2D eigenvalue weighted by atomic mass is 79.9. The average Bonchev–Trinajstić information content (AvgIpc) is 2.91. The lowest BCUT2D eigenvalue weighted by Crippen LogP contribution is -2.08. The number of hydrogen-bond donors (Lipinski definition) is 1. The molecule has 0 unspecified atom stereocenters. The SMILES string of the molecule is CCn1nc(C)c2nc(N)n(-c3cc(Br)c(F)cc3F)c21. The Morgan fingerprint density at radius 3 is 2.67 bits per heavy atom. The number of fused-ring (bicyclic) bond motifs is 1. The Morgan fingerprint density at radius 1 is 1.29 bits per heavy atom. The fourth-order valence-electron chi connectivity index (χ4n) is 2.33. The molecule has 2 aromatic heterocycles. The summed E-state index contributed by atoms with van der Waals surface area (Å²) in [5.74, 6) is -1.26. The van der Waals surface area contributed by atoms with Crippen LogP contribution in [0.1, 0.15) is 12.6 Å². The van der Waals surface area contributed by atoms with Crippen LogP contribution in [-0.2, 0) is 6.54 Å². The van der Waals surface area contributed by atoms with Crippen molar-refractivity contribution in [1.82, 2.24) is 19.3 Å². The van der Waals surface area contributed by atoms with Gasteiger partial charge in [-0.2, -0.15) is 5.10 Å². The van der Waals surface area contributed by atoms with E-state index < -0.39 is 11.6 Å². The minimum Gasteiger partial charge on any atom is -0.369 e. The lowest BCUT2D eigenvalue weighted by atomic mass is 10.3. The molecule has 0 bridgehead atoms. The molecule has 0 saturated carbocycles. The predicted molar refractivity (Wildman–Crippen MR) is 79.3 cm³/mol. The van der Waals surface area contributed by atoms with E-state index in [0.29, 0.717) is 23.4 Å². The molecule has 0 aliphatic rings. The number of aromatic nitrogens is 4. The molecular weight excluding hydrogens is 344 g/mol. The van der Waals surface area contributed by atoms with E-state index in [1.165, 1.54) is 10.6 Å². The van der Waals surface area contributed by atoms with Crippen molar-refractivity contribution in [2.75, 3.05) is 5.73 Å². The fourth-order valence-corrected chi connectivity index (χ4v) is 2.66. The van der Waals surface area contributed by atoms with E-state index in [2.05, 4.69) is 26.0 Å². The molecule has 0 aliphatic heterocycles. The van der Waals surface area contributed by atoms with Gasteiger partial charge in [-0.15, -0.1) is 0 Å². The molecule has 2 N–H and O–H groups in total. The maximum atomic E-state index is 14.1. The van der Waals surface area contributed by atoms with Gasteiger partial charge in [0.25, 0.3) is 0 Å². The number of nitrogen functional groups attached to an aromatic ring is 1. The van der Waals surface area contributed by atoms with Gasteiger partial charge in [-0.25, -0.2) is 18.4 Å². The first-order chi connectivity index (χ1) is 9.93. The molecule has 0 aliphatic carbocycles. The van der Waals surface area contributed by atoms with Crippen molar-refractivity contribution in [1.29, 1.82) is 0 Å². The Bertz CT molecular complexity index is 852. The maximum absolute atomic E-state index is 14.1. The molecule has 0 atom stereocenters. The maximum Gasteiger partial charge on any atom is 0.207 e. The molecule has 0 saturated heterocycles. The van der Waals surface area contributed by atoms with Gasteiger partial charge in [-0.05, 0) is 35.8 Å². The molecule has 0 amide bonds. The predicted octanol–water partition coefficient (Wildman–Crippen LogP) is 3.17. The van der Waals surface area contributed by atoms with Gasteiger partial charge in [0.15, 0.2) is 5.65 Å². The molecule has 2 heterocycles. The summed E-state index contributed by atoms with van der Waals surface area (Å²) in [4.78, 5) is 4.23. The zero-order valence-corrected chi connectivity index (χ0v) is 12.9. The average molecular weight is 356 g/mol. The van der Waals surface area contributed by atoms with Crippen LogP contribution >= 0.6 is 15.9 Å². The van der Waals surface area contributed by atoms with E-state index in [9.17, 15) is 8.78 Å². The number of imidazole rings is 1. The topological polar surface area (TPSA) is 61.7 Å². The first-order valence-corrected chi connectivity index (χ1v) is 7.09. The van der Waals surface area contributed by atoms with Crippen LogP contribution in [0.25, 0.3) is 16.9 Å². The second-order valence-corrected chi connectivity index (χ2v) is 5.45. The van der Waals surface area contributed by atoms with Gasteiger partial charge >= 0.3 is 0 Å². The largest absolute Gasteiger partial charge is 0.369 e. The summed E-state index contributed by atoms with van der Waals surface area (Å²) < 4.78 is 30.8. The van der Waals surface area contributed by atoms with E-state index in [1.807, 2.05) is 13.8 Å². The minimum absolute atomic E-state index is 0.123. The van der Waals surface area contributed by atoms with E-state index >= 15 is 0 Å². The third kappa shape index (κ3) is 2.01. The highest BCUT2D eigenvalue weighted by molar-refractivity contribution is 9.10. The van der Waals surface area contributed by atoms with Gasteiger partial charge < -0.3 is 5.73 Å². The monoisotopic (exact) mass is 355 g/mol. The Kier molecular flexibility index (Phi) is 3.20. The normalized spacial score (nSPS) is 11.5. The Balaban J connectivity index is 2.40. The molecule has 0 spiro atoms. The number of hydrogen-bond acceptors (Lipinski definition) is 3. The second-order valence-electron chi connectivity index (χ2n) is 4.60. The number of aryl methyl sites for hydroxylation is 2. The summed E-state index contributed by atoms with van der Waals surface area (Å²) in [7, 11) is 0. The number of anilines is 1. The van der Waals surface area contributed by atoms with Crippen molar-refractivity contribution in [3.8, 4) is 5.69 Å². The first kappa shape index (κ1) is 14.0. The number of rotatable bonds is 2. The van der Waals surface area contributed by atoms with E-state index in [0.717, 1.165) is 6.07 Å². The van der Waals surface area contributed by atoms with Crippen molar-refractivity contribution >= 4 is 33.0 Å². The lowest BCUT2D eigenvalue weighted by Gasteiger charge is -2.10. The van der Waals surface area contributed by atoms with Gasteiger partial charge in [-0.3, -0.25) is 4.57 Å². The summed E-state index contributed by atoms with van der Waals surface area (Å²) in [6, 6.07) is 2.15. The molecule has 8 heteroatoms. The van der Waals surface area contributed by atoms with Crippen LogP contribution in [0.4, 0.5) is 14.7 Å². The van der Waals surface area contributed by atoms with Crippen LogP contribution in [0.5, 0.6) is 0 Å². The number of benzene rings is 1. The van der Waals surface area contributed by atoms with Crippen molar-refractivity contribution in [3.05, 3.63) is 33.9 Å². The van der Waals surface area contributed by atoms with Crippen LogP contribution in [0.3, 0.4) is 0 Å². The van der Waals surface area contributed by atoms with Crippen LogP contribution < -0.4 is 5.73 Å². The number of halogens is 3. The van der Waals surface area contributed by atoms with E-state index in [-0.39, 0.29) is 16.1 Å². The zero-order valence-electron chi connectivity index (χ0n) is 11.4. The van der Waals surface area contributed by atoms with Gasteiger partial charge in [0.2, 0.25) is 5.95 Å². The highest BCUT2D eigenvalue weighted by Gasteiger charge is 2.21. The van der Waals surface area contributed by atoms with E-state index in [1.54, 1.807) is 4.68 Å². The third-order valence-electron chi connectivity index (χ3n) is 3.27. The minimum atomic E-state index is -0.719. The van der Waals surface area contributed by atoms with Crippen LogP contribution in [0, 0.1) is 18.6 Å². The first-order valence-electron chi connectivity index (χ1n) is 6.30. The van der Waals surface area contributed by atoms with Crippen LogP contribution in [0.15, 0.2) is 16.6 Å². The molecule has 3 rings (SSSR count). The van der Waals surface area contributed by atoms with Crippen LogP contribution in [-0.4, -0.2) is 19.3 Å². The standard InChI is InChI=1S/C13H12BrF2N5/c1-3-20-12-11(6(2)19-20)18-13(17)21(12)10-4-7(14)8(15)5-9(10)16/h4-5H,3H2,1-2H3,(H2,17,18). The highest BCUT2D eigenvalue weighted by Crippen LogP contribution is 2.29. The van der Waals surface area contributed by atoms with Gasteiger partial charge in [-0.1, -0.05) is 0 Å². The van der Waals surface area contributed by atoms with Crippen LogP contribution in [0.2, 0.25) is 0 Å². The van der Waals surface area contributed by atoms with Crippen molar-refractivity contribution in [2.45, 2.75) is 20.4 Å². The number of nitrogens with two attached hydrogens (primary N) is 1. The van der Waals surface area contributed by atoms with Crippen molar-refractivity contribution in [3.63, 3.8) is 0 Å². The van der Waals surface area contributed by atoms with Gasteiger partial charge in [0.05, 0.1) is 15.9 Å². The molecule has 0 radical (unpaired) electrons. The molecule has 5 nitrogen and oxygen atoms in total. The zero-order chi connectivity index (χ0) is 15.3. The molecule has 21 heavy (non-hydrogen) atoms. The summed E-state index contributed by atoms with van der Waals surface area (Å²) in [6.45, 7) is 4.30. The molecule has 0 fully saturated rings. The summed E-state index contributed by atoms with van der Waals surface area (Å²) in [5, 5.41) is 4.33. The smallest absolute Gasteiger partial charge is 0.207 e. The summed E-state index contributed by atoms with van der Waals surface area (Å²) in [6.07, 6.45) is 0. The third-order valence-corrected chi connectivity index (χ3v) is 3.87. The Hall–Kier alpha value is -1.96. The van der Waals surface area contributed by atoms with Crippen molar-refractivity contribution < 1.29 is 8.78 Å². The number of nitrogens with zero attached hydrogens (tertiary/aromatic N) is 4. The molecule has 110 valence electrons. The second kappa shape index (κ2) is 4.80. The molecule has 3 aromatic rings. The Morgan fingerprint density at radius 2 is 2.00 bits per heavy atom. The molecular formula is C13H12BrF2N5. The quantitative estimate of drug-likeness (QED) is 0.718.